The molecule has 0 aliphatic carbocycles. The lowest BCUT2D eigenvalue weighted by Crippen LogP contribution is -2.31. The van der Waals surface area contributed by atoms with Gasteiger partial charge in [0.05, 0.1) is 17.7 Å². The highest BCUT2D eigenvalue weighted by molar-refractivity contribution is 6.32. The van der Waals surface area contributed by atoms with E-state index in [4.69, 9.17) is 21.1 Å². The molecule has 2 N–H and O–H groups in total. The van der Waals surface area contributed by atoms with Crippen LogP contribution in [0.5, 0.6) is 11.5 Å². The number of hydrogen-bond acceptors (Lipinski definition) is 4. The normalized spacial score (nSPS) is 14.1. The molecule has 1 unspecified atom stereocenters. The molecule has 0 bridgehead atoms. The van der Waals surface area contributed by atoms with E-state index in [2.05, 4.69) is 19.2 Å². The summed E-state index contributed by atoms with van der Waals surface area (Å²) in [4.78, 5) is 0. The fraction of sp³-hybridized carbons (Fsp3) is 0.625. The fourth-order valence-electron chi connectivity index (χ4n) is 1.67. The minimum atomic E-state index is -0.883. The molecular weight excluding hydrogens is 290 g/mol. The number of ether oxygens (including phenoxy) is 2. The van der Waals surface area contributed by atoms with Crippen LogP contribution in [-0.4, -0.2) is 30.5 Å². The molecule has 1 aromatic rings. The Kier molecular flexibility index (Phi) is 6.78. The molecule has 0 saturated carbocycles. The van der Waals surface area contributed by atoms with Gasteiger partial charge in [-0.1, -0.05) is 32.4 Å². The second-order valence-electron chi connectivity index (χ2n) is 5.78. The lowest BCUT2D eigenvalue weighted by Gasteiger charge is -2.23. The van der Waals surface area contributed by atoms with Crippen LogP contribution >= 0.6 is 11.6 Å². The number of hydrogen-bond donors (Lipinski definition) is 2. The minimum Gasteiger partial charge on any atom is -0.493 e. The predicted molar refractivity (Wildman–Crippen MR) is 86.4 cm³/mol. The molecule has 4 nitrogen and oxygen atoms in total. The summed E-state index contributed by atoms with van der Waals surface area (Å²) in [5, 5.41) is 13.8. The first kappa shape index (κ1) is 18.1. The van der Waals surface area contributed by atoms with Crippen LogP contribution in [-0.2, 0) is 6.54 Å². The van der Waals surface area contributed by atoms with Crippen molar-refractivity contribution in [3.05, 3.63) is 22.7 Å². The third-order valence-electron chi connectivity index (χ3n) is 3.29. The van der Waals surface area contributed by atoms with Crippen molar-refractivity contribution < 1.29 is 14.6 Å². The summed E-state index contributed by atoms with van der Waals surface area (Å²) in [5.74, 6) is 1.05. The zero-order valence-electron chi connectivity index (χ0n) is 13.5. The van der Waals surface area contributed by atoms with Gasteiger partial charge in [-0.2, -0.15) is 0 Å². The van der Waals surface area contributed by atoms with Gasteiger partial charge >= 0.3 is 0 Å². The lowest BCUT2D eigenvalue weighted by molar-refractivity contribution is 0.00779. The maximum absolute atomic E-state index is 10.0. The first-order valence-corrected chi connectivity index (χ1v) is 7.62. The highest BCUT2D eigenvalue weighted by atomic mass is 35.5. The van der Waals surface area contributed by atoms with Gasteiger partial charge in [0.15, 0.2) is 11.5 Å². The van der Waals surface area contributed by atoms with Crippen LogP contribution < -0.4 is 14.8 Å². The van der Waals surface area contributed by atoms with E-state index in [0.717, 1.165) is 5.56 Å². The van der Waals surface area contributed by atoms with Gasteiger partial charge in [0.2, 0.25) is 0 Å². The van der Waals surface area contributed by atoms with E-state index < -0.39 is 5.60 Å². The topological polar surface area (TPSA) is 50.7 Å². The molecule has 0 aliphatic heterocycles. The number of nitrogens with one attached hydrogen (secondary N) is 1. The van der Waals surface area contributed by atoms with Crippen LogP contribution in [0.3, 0.4) is 0 Å². The minimum absolute atomic E-state index is 0.170. The summed E-state index contributed by atoms with van der Waals surface area (Å²) in [6.07, 6.45) is 0.601. The summed E-state index contributed by atoms with van der Waals surface area (Å²) >= 11 is 6.29. The molecule has 21 heavy (non-hydrogen) atoms. The van der Waals surface area contributed by atoms with E-state index in [-0.39, 0.29) is 6.61 Å². The van der Waals surface area contributed by atoms with Gasteiger partial charge in [0, 0.05) is 12.6 Å². The Bertz CT molecular complexity index is 461. The van der Waals surface area contributed by atoms with Crippen molar-refractivity contribution in [1.29, 1.82) is 0 Å². The van der Waals surface area contributed by atoms with Crippen molar-refractivity contribution in [2.75, 3.05) is 13.7 Å². The second kappa shape index (κ2) is 7.87. The van der Waals surface area contributed by atoms with Crippen LogP contribution in [0.15, 0.2) is 12.1 Å². The highest BCUT2D eigenvalue weighted by Crippen LogP contribution is 2.37. The maximum atomic E-state index is 10.0. The lowest BCUT2D eigenvalue weighted by atomic mass is 10.1. The van der Waals surface area contributed by atoms with Gasteiger partial charge in [0.25, 0.3) is 0 Å². The molecule has 0 aromatic heterocycles. The molecule has 0 heterocycles. The quantitative estimate of drug-likeness (QED) is 0.772. The van der Waals surface area contributed by atoms with E-state index in [9.17, 15) is 5.11 Å². The number of methoxy groups -OCH3 is 1. The third-order valence-corrected chi connectivity index (χ3v) is 3.57. The smallest absolute Gasteiger partial charge is 0.179 e. The number of halogens is 1. The number of rotatable bonds is 8. The first-order chi connectivity index (χ1) is 9.79. The van der Waals surface area contributed by atoms with Gasteiger partial charge in [-0.25, -0.2) is 0 Å². The van der Waals surface area contributed by atoms with Gasteiger partial charge in [-0.3, -0.25) is 0 Å². The Morgan fingerprint density at radius 2 is 2.05 bits per heavy atom. The molecule has 0 amide bonds. The first-order valence-electron chi connectivity index (χ1n) is 7.24. The summed E-state index contributed by atoms with van der Waals surface area (Å²) in [6, 6.07) is 4.15. The molecular formula is C16H26ClNO3. The highest BCUT2D eigenvalue weighted by Gasteiger charge is 2.21. The van der Waals surface area contributed by atoms with Crippen molar-refractivity contribution >= 4 is 11.6 Å². The number of aliphatic hydroxyl groups is 1. The summed E-state index contributed by atoms with van der Waals surface area (Å²) < 4.78 is 11.0. The molecule has 1 atom stereocenters. The molecule has 0 spiro atoms. The molecule has 5 heteroatoms. The van der Waals surface area contributed by atoms with E-state index in [1.54, 1.807) is 14.0 Å². The van der Waals surface area contributed by atoms with Gasteiger partial charge in [-0.15, -0.1) is 0 Å². The van der Waals surface area contributed by atoms with E-state index in [1.165, 1.54) is 0 Å². The van der Waals surface area contributed by atoms with Gasteiger partial charge in [0.1, 0.15) is 6.61 Å². The van der Waals surface area contributed by atoms with E-state index in [1.807, 2.05) is 19.1 Å². The standard InChI is InChI=1S/C16H26ClNO3/c1-6-16(4,19)10-21-15-13(17)7-12(8-14(15)20-5)9-18-11(2)3/h7-8,11,18-19H,6,9-10H2,1-5H3. The van der Waals surface area contributed by atoms with Crippen LogP contribution in [0.25, 0.3) is 0 Å². The largest absolute Gasteiger partial charge is 0.493 e. The zero-order valence-corrected chi connectivity index (χ0v) is 14.3. The Balaban J connectivity index is 2.89. The molecule has 0 fully saturated rings. The molecule has 0 radical (unpaired) electrons. The SMILES string of the molecule is CCC(C)(O)COc1c(Cl)cc(CNC(C)C)cc1OC. The van der Waals surface area contributed by atoms with E-state index >= 15 is 0 Å². The van der Waals surface area contributed by atoms with E-state index in [0.29, 0.717) is 35.5 Å². The molecule has 0 aliphatic rings. The van der Waals surface area contributed by atoms with Gasteiger partial charge in [-0.05, 0) is 31.0 Å². The van der Waals surface area contributed by atoms with Crippen molar-refractivity contribution in [2.24, 2.45) is 0 Å². The fourth-order valence-corrected chi connectivity index (χ4v) is 1.95. The Hall–Kier alpha value is -0.970. The molecule has 1 rings (SSSR count). The summed E-state index contributed by atoms with van der Waals surface area (Å²) in [6.45, 7) is 8.69. The number of benzene rings is 1. The monoisotopic (exact) mass is 315 g/mol. The van der Waals surface area contributed by atoms with Crippen molar-refractivity contribution in [3.63, 3.8) is 0 Å². The van der Waals surface area contributed by atoms with Crippen LogP contribution in [0, 0.1) is 0 Å². The van der Waals surface area contributed by atoms with Crippen LogP contribution in [0.2, 0.25) is 5.02 Å². The predicted octanol–water partition coefficient (Wildman–Crippen LogP) is 3.39. The Morgan fingerprint density at radius 1 is 1.38 bits per heavy atom. The molecule has 1 aromatic carbocycles. The second-order valence-corrected chi connectivity index (χ2v) is 6.19. The van der Waals surface area contributed by atoms with Crippen LogP contribution in [0.1, 0.15) is 39.7 Å². The van der Waals surface area contributed by atoms with Crippen LogP contribution in [0.4, 0.5) is 0 Å². The third kappa shape index (κ3) is 5.73. The van der Waals surface area contributed by atoms with Crippen molar-refractivity contribution in [1.82, 2.24) is 5.32 Å². The average Bonchev–Trinajstić information content (AvgIpc) is 2.43. The maximum Gasteiger partial charge on any atom is 0.179 e. The summed E-state index contributed by atoms with van der Waals surface area (Å²) in [5.41, 5.74) is 0.145. The molecule has 120 valence electrons. The Morgan fingerprint density at radius 3 is 2.57 bits per heavy atom. The van der Waals surface area contributed by atoms with Crippen molar-refractivity contribution in [3.8, 4) is 11.5 Å². The average molecular weight is 316 g/mol. The zero-order chi connectivity index (χ0) is 16.0. The Labute approximate surface area is 132 Å². The summed E-state index contributed by atoms with van der Waals surface area (Å²) in [7, 11) is 1.58. The molecule has 0 saturated heterocycles. The van der Waals surface area contributed by atoms with Crippen molar-refractivity contribution in [2.45, 2.75) is 52.3 Å². The van der Waals surface area contributed by atoms with Gasteiger partial charge < -0.3 is 19.9 Å².